The molecule has 0 saturated carbocycles. The maximum Gasteiger partial charge on any atom is 0.102 e. The molecule has 0 aliphatic carbocycles. The van der Waals surface area contributed by atoms with Gasteiger partial charge in [-0.15, -0.1) is 0 Å². The van der Waals surface area contributed by atoms with Crippen LogP contribution in [0.3, 0.4) is 0 Å². The number of hydrogen-bond donors (Lipinski definition) is 1. The molecule has 0 radical (unpaired) electrons. The fourth-order valence-corrected chi connectivity index (χ4v) is 2.62. The Labute approximate surface area is 107 Å². The van der Waals surface area contributed by atoms with Gasteiger partial charge in [-0.2, -0.15) is 0 Å². The Morgan fingerprint density at radius 2 is 1.39 bits per heavy atom. The number of fused-ring (bicyclic) bond motifs is 2. The van der Waals surface area contributed by atoms with Crippen molar-refractivity contribution >= 4 is 21.5 Å². The van der Waals surface area contributed by atoms with E-state index < -0.39 is 0 Å². The van der Waals surface area contributed by atoms with Gasteiger partial charge in [-0.25, -0.2) is 0 Å². The normalized spacial score (nSPS) is 11.2. The minimum atomic E-state index is 1.05. The topological polar surface area (TPSA) is 16.6 Å². The number of quaternary nitrogens is 1. The van der Waals surface area contributed by atoms with Crippen molar-refractivity contribution in [3.8, 4) is 0 Å². The van der Waals surface area contributed by atoms with E-state index in [1.54, 1.807) is 0 Å². The van der Waals surface area contributed by atoms with Crippen LogP contribution >= 0.6 is 0 Å². The van der Waals surface area contributed by atoms with Gasteiger partial charge in [-0.05, 0) is 34.5 Å². The molecule has 1 nitrogen and oxygen atoms in total. The molecule has 0 fully saturated rings. The maximum absolute atomic E-state index is 2.36. The first kappa shape index (κ1) is 11.2. The SMILES string of the molecule is CC[NH2+]Cc1c2ccccc2cc2ccccc12. The minimum Gasteiger partial charge on any atom is -0.343 e. The Morgan fingerprint density at radius 3 is 1.94 bits per heavy atom. The molecule has 0 saturated heterocycles. The van der Waals surface area contributed by atoms with E-state index >= 15 is 0 Å². The molecule has 1 heteroatoms. The first-order valence-electron chi connectivity index (χ1n) is 6.61. The Morgan fingerprint density at radius 1 is 0.833 bits per heavy atom. The molecule has 0 bridgehead atoms. The molecule has 3 rings (SSSR count). The van der Waals surface area contributed by atoms with Gasteiger partial charge in [0.15, 0.2) is 0 Å². The summed E-state index contributed by atoms with van der Waals surface area (Å²) in [5.74, 6) is 0. The molecular formula is C17H18N+. The lowest BCUT2D eigenvalue weighted by atomic mass is 9.97. The van der Waals surface area contributed by atoms with Crippen LogP contribution < -0.4 is 5.32 Å². The van der Waals surface area contributed by atoms with Crippen molar-refractivity contribution in [3.05, 3.63) is 60.2 Å². The summed E-state index contributed by atoms with van der Waals surface area (Å²) in [6, 6.07) is 19.7. The minimum absolute atomic E-state index is 1.05. The average Bonchev–Trinajstić information content (AvgIpc) is 2.43. The molecule has 0 heterocycles. The van der Waals surface area contributed by atoms with Gasteiger partial charge in [-0.1, -0.05) is 48.5 Å². The van der Waals surface area contributed by atoms with Crippen molar-refractivity contribution in [1.29, 1.82) is 0 Å². The summed E-state index contributed by atoms with van der Waals surface area (Å²) < 4.78 is 0. The highest BCUT2D eigenvalue weighted by molar-refractivity contribution is 6.02. The monoisotopic (exact) mass is 236 g/mol. The summed E-state index contributed by atoms with van der Waals surface area (Å²) in [5.41, 5.74) is 1.46. The molecule has 2 N–H and O–H groups in total. The van der Waals surface area contributed by atoms with Crippen molar-refractivity contribution < 1.29 is 5.32 Å². The summed E-state index contributed by atoms with van der Waals surface area (Å²) in [6.07, 6.45) is 0. The second kappa shape index (κ2) is 4.79. The van der Waals surface area contributed by atoms with Gasteiger partial charge in [0.1, 0.15) is 6.54 Å². The highest BCUT2D eigenvalue weighted by atomic mass is 14.8. The quantitative estimate of drug-likeness (QED) is 0.673. The molecule has 0 aliphatic heterocycles. The Balaban J connectivity index is 2.34. The largest absolute Gasteiger partial charge is 0.343 e. The lowest BCUT2D eigenvalue weighted by Gasteiger charge is -2.10. The third-order valence-electron chi connectivity index (χ3n) is 3.52. The molecule has 3 aromatic rings. The van der Waals surface area contributed by atoms with Gasteiger partial charge in [0.05, 0.1) is 6.54 Å². The summed E-state index contributed by atoms with van der Waals surface area (Å²) in [7, 11) is 0. The van der Waals surface area contributed by atoms with Crippen molar-refractivity contribution in [2.45, 2.75) is 13.5 Å². The molecular weight excluding hydrogens is 218 g/mol. The summed E-state index contributed by atoms with van der Waals surface area (Å²) in [6.45, 7) is 4.38. The van der Waals surface area contributed by atoms with Crippen molar-refractivity contribution in [2.75, 3.05) is 6.54 Å². The molecule has 0 amide bonds. The van der Waals surface area contributed by atoms with Crippen LogP contribution in [0.5, 0.6) is 0 Å². The van der Waals surface area contributed by atoms with Crippen molar-refractivity contribution in [3.63, 3.8) is 0 Å². The van der Waals surface area contributed by atoms with E-state index in [9.17, 15) is 0 Å². The predicted molar refractivity (Wildman–Crippen MR) is 77.6 cm³/mol. The van der Waals surface area contributed by atoms with Crippen LogP contribution in [0.1, 0.15) is 12.5 Å². The van der Waals surface area contributed by atoms with E-state index in [4.69, 9.17) is 0 Å². The highest BCUT2D eigenvalue weighted by Crippen LogP contribution is 2.27. The van der Waals surface area contributed by atoms with Gasteiger partial charge >= 0.3 is 0 Å². The van der Waals surface area contributed by atoms with Gasteiger partial charge in [0.25, 0.3) is 0 Å². The lowest BCUT2D eigenvalue weighted by Crippen LogP contribution is -2.81. The predicted octanol–water partition coefficient (Wildman–Crippen LogP) is 3.08. The zero-order valence-electron chi connectivity index (χ0n) is 10.7. The zero-order chi connectivity index (χ0) is 12.4. The van der Waals surface area contributed by atoms with Crippen LogP contribution in [0.2, 0.25) is 0 Å². The third kappa shape index (κ3) is 1.87. The number of benzene rings is 3. The van der Waals surface area contributed by atoms with Crippen LogP contribution in [-0.4, -0.2) is 6.54 Å². The standard InChI is InChI=1S/C17H17N/c1-2-18-12-17-15-9-5-3-7-13(15)11-14-8-4-6-10-16(14)17/h3-11,18H,2,12H2,1H3/p+1. The average molecular weight is 236 g/mol. The summed E-state index contributed by atoms with van der Waals surface area (Å²) in [5, 5.41) is 7.82. The molecule has 18 heavy (non-hydrogen) atoms. The second-order valence-electron chi connectivity index (χ2n) is 4.70. The van der Waals surface area contributed by atoms with Gasteiger partial charge in [0, 0.05) is 5.56 Å². The van der Waals surface area contributed by atoms with E-state index in [2.05, 4.69) is 66.8 Å². The highest BCUT2D eigenvalue weighted by Gasteiger charge is 2.07. The van der Waals surface area contributed by atoms with Crippen LogP contribution in [0, 0.1) is 0 Å². The molecule has 90 valence electrons. The fourth-order valence-electron chi connectivity index (χ4n) is 2.62. The van der Waals surface area contributed by atoms with E-state index in [1.165, 1.54) is 27.1 Å². The molecule has 0 aromatic heterocycles. The number of nitrogens with two attached hydrogens (primary N) is 1. The lowest BCUT2D eigenvalue weighted by molar-refractivity contribution is -0.667. The van der Waals surface area contributed by atoms with Crippen LogP contribution in [0.15, 0.2) is 54.6 Å². The van der Waals surface area contributed by atoms with E-state index in [0.717, 1.165) is 13.1 Å². The number of hydrogen-bond acceptors (Lipinski definition) is 0. The Kier molecular flexibility index (Phi) is 2.99. The molecule has 0 aliphatic rings. The van der Waals surface area contributed by atoms with Crippen LogP contribution in [-0.2, 0) is 6.54 Å². The van der Waals surface area contributed by atoms with Gasteiger partial charge in [-0.3, -0.25) is 0 Å². The Bertz CT molecular complexity index is 631. The van der Waals surface area contributed by atoms with Gasteiger partial charge in [0.2, 0.25) is 0 Å². The Hall–Kier alpha value is -1.86. The molecule has 0 unspecified atom stereocenters. The summed E-state index contributed by atoms with van der Waals surface area (Å²) >= 11 is 0. The second-order valence-corrected chi connectivity index (χ2v) is 4.70. The van der Waals surface area contributed by atoms with Crippen LogP contribution in [0.25, 0.3) is 21.5 Å². The van der Waals surface area contributed by atoms with E-state index in [-0.39, 0.29) is 0 Å². The summed E-state index contributed by atoms with van der Waals surface area (Å²) in [4.78, 5) is 0. The fraction of sp³-hybridized carbons (Fsp3) is 0.176. The maximum atomic E-state index is 2.36. The van der Waals surface area contributed by atoms with E-state index in [0.29, 0.717) is 0 Å². The number of rotatable bonds is 3. The van der Waals surface area contributed by atoms with Crippen molar-refractivity contribution in [1.82, 2.24) is 0 Å². The first-order valence-corrected chi connectivity index (χ1v) is 6.61. The molecule has 0 spiro atoms. The smallest absolute Gasteiger partial charge is 0.102 e. The third-order valence-corrected chi connectivity index (χ3v) is 3.52. The van der Waals surface area contributed by atoms with Crippen molar-refractivity contribution in [2.24, 2.45) is 0 Å². The first-order chi connectivity index (χ1) is 8.90. The van der Waals surface area contributed by atoms with Gasteiger partial charge < -0.3 is 5.32 Å². The molecule has 0 atom stereocenters. The van der Waals surface area contributed by atoms with E-state index in [1.807, 2.05) is 0 Å². The molecule has 3 aromatic carbocycles. The zero-order valence-corrected chi connectivity index (χ0v) is 10.7. The van der Waals surface area contributed by atoms with Crippen LogP contribution in [0.4, 0.5) is 0 Å².